The maximum Gasteiger partial charge on any atom is 0.253 e. The van der Waals surface area contributed by atoms with Gasteiger partial charge < -0.3 is 19.4 Å². The van der Waals surface area contributed by atoms with E-state index >= 15 is 0 Å². The van der Waals surface area contributed by atoms with Crippen LogP contribution in [0.15, 0.2) is 60.7 Å². The van der Waals surface area contributed by atoms with Crippen LogP contribution in [0.5, 0.6) is 5.75 Å². The van der Waals surface area contributed by atoms with Crippen molar-refractivity contribution in [3.8, 4) is 5.75 Å². The molecule has 2 heterocycles. The number of benzene rings is 3. The van der Waals surface area contributed by atoms with Gasteiger partial charge in [0.15, 0.2) is 0 Å². The molecular weight excluding hydrogens is 510 g/mol. The predicted molar refractivity (Wildman–Crippen MR) is 163 cm³/mol. The fourth-order valence-electron chi connectivity index (χ4n) is 6.15. The number of carbonyl (C=O) groups excluding carboxylic acids is 2. The summed E-state index contributed by atoms with van der Waals surface area (Å²) in [7, 11) is 0. The molecule has 6 nitrogen and oxygen atoms in total. The standard InChI is InChI=1S/C35H41N3O3/c1-25-8-12-30(20-29(25)23-36(24-39)22-28-6-4-5-7-31(28)26-9-10-26)38-18-19-41-33-21-27(11-13-32(33)38)34(40)37-16-14-35(2,3)15-17-37/h4-8,11-13,20-21,24,26H,9-10,14-19,22-23H2,1-3H3. The number of piperidine rings is 1. The third-order valence-corrected chi connectivity index (χ3v) is 9.09. The van der Waals surface area contributed by atoms with Crippen LogP contribution >= 0.6 is 0 Å². The number of nitrogens with zero attached hydrogens (tertiary/aromatic N) is 3. The van der Waals surface area contributed by atoms with Gasteiger partial charge in [0.25, 0.3) is 5.91 Å². The largest absolute Gasteiger partial charge is 0.490 e. The molecule has 1 saturated heterocycles. The molecular formula is C35H41N3O3. The summed E-state index contributed by atoms with van der Waals surface area (Å²) in [5.41, 5.74) is 7.94. The predicted octanol–water partition coefficient (Wildman–Crippen LogP) is 6.82. The first kappa shape index (κ1) is 27.4. The van der Waals surface area contributed by atoms with Gasteiger partial charge in [-0.15, -0.1) is 0 Å². The summed E-state index contributed by atoms with van der Waals surface area (Å²) in [6.45, 7) is 10.7. The van der Waals surface area contributed by atoms with Crippen molar-refractivity contribution >= 4 is 23.7 Å². The Morgan fingerprint density at radius 1 is 0.976 bits per heavy atom. The first-order chi connectivity index (χ1) is 19.8. The Kier molecular flexibility index (Phi) is 7.50. The van der Waals surface area contributed by atoms with E-state index < -0.39 is 0 Å². The van der Waals surface area contributed by atoms with Crippen molar-refractivity contribution in [2.75, 3.05) is 31.1 Å². The maximum absolute atomic E-state index is 13.3. The molecule has 1 aliphatic carbocycles. The Balaban J connectivity index is 1.20. The number of carbonyl (C=O) groups is 2. The lowest BCUT2D eigenvalue weighted by atomic mass is 9.82. The minimum absolute atomic E-state index is 0.0823. The molecule has 41 heavy (non-hydrogen) atoms. The second-order valence-electron chi connectivity index (χ2n) is 12.7. The molecule has 6 rings (SSSR count). The first-order valence-electron chi connectivity index (χ1n) is 15.0. The molecule has 0 atom stereocenters. The molecule has 6 heteroatoms. The topological polar surface area (TPSA) is 53.1 Å². The summed E-state index contributed by atoms with van der Waals surface area (Å²) >= 11 is 0. The molecule has 0 spiro atoms. The van der Waals surface area contributed by atoms with E-state index in [0.717, 1.165) is 67.1 Å². The van der Waals surface area contributed by atoms with Crippen molar-refractivity contribution in [3.05, 3.63) is 88.5 Å². The first-order valence-corrected chi connectivity index (χ1v) is 15.0. The molecule has 0 bridgehead atoms. The summed E-state index contributed by atoms with van der Waals surface area (Å²) < 4.78 is 6.06. The van der Waals surface area contributed by atoms with Gasteiger partial charge in [0.05, 0.1) is 12.2 Å². The van der Waals surface area contributed by atoms with E-state index in [1.54, 1.807) is 0 Å². The van der Waals surface area contributed by atoms with E-state index in [1.165, 1.54) is 24.0 Å². The summed E-state index contributed by atoms with van der Waals surface area (Å²) in [6.07, 6.45) is 5.51. The zero-order valence-electron chi connectivity index (χ0n) is 24.6. The van der Waals surface area contributed by atoms with Gasteiger partial charge in [0.1, 0.15) is 12.4 Å². The third kappa shape index (κ3) is 5.97. The van der Waals surface area contributed by atoms with E-state index in [-0.39, 0.29) is 5.91 Å². The molecule has 3 aliphatic rings. The summed E-state index contributed by atoms with van der Waals surface area (Å²) in [5, 5.41) is 0. The number of aryl methyl sites for hydroxylation is 1. The molecule has 3 aromatic carbocycles. The Hall–Kier alpha value is -3.80. The monoisotopic (exact) mass is 551 g/mol. The van der Waals surface area contributed by atoms with Crippen molar-refractivity contribution < 1.29 is 14.3 Å². The van der Waals surface area contributed by atoms with E-state index in [1.807, 2.05) is 28.0 Å². The zero-order valence-corrected chi connectivity index (χ0v) is 24.6. The van der Waals surface area contributed by atoms with Crippen LogP contribution in [0.4, 0.5) is 11.4 Å². The van der Waals surface area contributed by atoms with Crippen molar-refractivity contribution in [1.29, 1.82) is 0 Å². The lowest BCUT2D eigenvalue weighted by molar-refractivity contribution is -0.119. The van der Waals surface area contributed by atoms with Gasteiger partial charge >= 0.3 is 0 Å². The van der Waals surface area contributed by atoms with E-state index in [2.05, 4.69) is 68.1 Å². The minimum atomic E-state index is 0.0823. The number of rotatable bonds is 8. The Morgan fingerprint density at radius 3 is 2.49 bits per heavy atom. The van der Waals surface area contributed by atoms with Crippen molar-refractivity contribution in [2.45, 2.75) is 65.5 Å². The number of likely N-dealkylation sites (tertiary alicyclic amines) is 1. The Bertz CT molecular complexity index is 1430. The highest BCUT2D eigenvalue weighted by Gasteiger charge is 2.30. The Labute approximate surface area is 243 Å². The van der Waals surface area contributed by atoms with Crippen LogP contribution in [-0.4, -0.2) is 48.4 Å². The molecule has 2 fully saturated rings. The van der Waals surface area contributed by atoms with Crippen molar-refractivity contribution in [3.63, 3.8) is 0 Å². The van der Waals surface area contributed by atoms with Gasteiger partial charge in [-0.1, -0.05) is 44.2 Å². The number of hydrogen-bond donors (Lipinski definition) is 0. The molecule has 0 radical (unpaired) electrons. The zero-order chi connectivity index (χ0) is 28.6. The van der Waals surface area contributed by atoms with Gasteiger partial charge in [-0.2, -0.15) is 0 Å². The second kappa shape index (κ2) is 11.2. The van der Waals surface area contributed by atoms with Gasteiger partial charge in [-0.05, 0) is 96.5 Å². The van der Waals surface area contributed by atoms with Crippen LogP contribution in [0.25, 0.3) is 0 Å². The third-order valence-electron chi connectivity index (χ3n) is 9.09. The van der Waals surface area contributed by atoms with Crippen LogP contribution in [0.2, 0.25) is 0 Å². The SMILES string of the molecule is Cc1ccc(N2CCOc3cc(C(=O)N4CCC(C)(C)CC4)ccc32)cc1CN(C=O)Cc1ccccc1C1CC1. The summed E-state index contributed by atoms with van der Waals surface area (Å²) in [6, 6.07) is 20.9. The van der Waals surface area contributed by atoms with Crippen molar-refractivity contribution in [1.82, 2.24) is 9.80 Å². The van der Waals surface area contributed by atoms with Crippen LogP contribution in [0.3, 0.4) is 0 Å². The molecule has 0 aromatic heterocycles. The second-order valence-corrected chi connectivity index (χ2v) is 12.7. The molecule has 0 unspecified atom stereocenters. The van der Waals surface area contributed by atoms with Crippen LogP contribution in [0, 0.1) is 12.3 Å². The number of amides is 2. The number of ether oxygens (including phenoxy) is 1. The highest BCUT2D eigenvalue weighted by atomic mass is 16.5. The highest BCUT2D eigenvalue weighted by molar-refractivity contribution is 5.95. The highest BCUT2D eigenvalue weighted by Crippen LogP contribution is 2.42. The minimum Gasteiger partial charge on any atom is -0.490 e. The molecule has 3 aromatic rings. The number of fused-ring (bicyclic) bond motifs is 1. The molecule has 2 aliphatic heterocycles. The summed E-state index contributed by atoms with van der Waals surface area (Å²) in [4.78, 5) is 31.6. The van der Waals surface area contributed by atoms with Crippen LogP contribution in [-0.2, 0) is 17.9 Å². The fourth-order valence-corrected chi connectivity index (χ4v) is 6.15. The van der Waals surface area contributed by atoms with Crippen LogP contribution < -0.4 is 9.64 Å². The fraction of sp³-hybridized carbons (Fsp3) is 0.429. The molecule has 1 saturated carbocycles. The molecule has 214 valence electrons. The van der Waals surface area contributed by atoms with Gasteiger partial charge in [0, 0.05) is 37.4 Å². The average Bonchev–Trinajstić information content (AvgIpc) is 3.83. The lowest BCUT2D eigenvalue weighted by Gasteiger charge is -2.37. The number of hydrogen-bond acceptors (Lipinski definition) is 4. The normalized spacial score (nSPS) is 17.9. The van der Waals surface area contributed by atoms with E-state index in [4.69, 9.17) is 4.74 Å². The van der Waals surface area contributed by atoms with E-state index in [0.29, 0.717) is 36.6 Å². The van der Waals surface area contributed by atoms with Gasteiger partial charge in [-0.25, -0.2) is 0 Å². The Morgan fingerprint density at radius 2 is 1.73 bits per heavy atom. The molecule has 0 N–H and O–H groups in total. The van der Waals surface area contributed by atoms with Gasteiger partial charge in [0.2, 0.25) is 6.41 Å². The average molecular weight is 552 g/mol. The number of anilines is 2. The summed E-state index contributed by atoms with van der Waals surface area (Å²) in [5.74, 6) is 1.47. The van der Waals surface area contributed by atoms with Gasteiger partial charge in [-0.3, -0.25) is 9.59 Å². The van der Waals surface area contributed by atoms with Crippen molar-refractivity contribution in [2.24, 2.45) is 5.41 Å². The van der Waals surface area contributed by atoms with E-state index in [9.17, 15) is 9.59 Å². The lowest BCUT2D eigenvalue weighted by Crippen LogP contribution is -2.41. The smallest absolute Gasteiger partial charge is 0.253 e. The quantitative estimate of drug-likeness (QED) is 0.288. The maximum atomic E-state index is 13.3. The molecule has 2 amide bonds. The van der Waals surface area contributed by atoms with Crippen LogP contribution in [0.1, 0.15) is 78.1 Å².